The molecule has 0 spiro atoms. The first kappa shape index (κ1) is 20.3. The number of alkyl carbamates (subject to hydrolysis) is 1. The topological polar surface area (TPSA) is 139 Å². The number of aliphatic hydroxyl groups is 1. The van der Waals surface area contributed by atoms with Crippen LogP contribution in [0.5, 0.6) is 0 Å². The Kier molecular flexibility index (Phi) is 8.59. The number of carboxylic acids is 1. The summed E-state index contributed by atoms with van der Waals surface area (Å²) in [5.41, 5.74) is -0.751. The number of hydrogen-bond acceptors (Lipinski definition) is 7. The SMILES string of the molecule is CC(C)(C)C(=O)OCOC(=O)NC(CC[P+](=O)CO)C(=O)O. The number of amides is 1. The summed E-state index contributed by atoms with van der Waals surface area (Å²) < 4.78 is 20.3. The summed E-state index contributed by atoms with van der Waals surface area (Å²) in [4.78, 5) is 33.7. The summed E-state index contributed by atoms with van der Waals surface area (Å²) in [7, 11) is -1.91. The van der Waals surface area contributed by atoms with Crippen LogP contribution in [0.4, 0.5) is 4.79 Å². The fraction of sp³-hybridized carbons (Fsp3) is 0.750. The normalized spacial score (nSPS) is 13.0. The standard InChI is InChI=1S/C12H20NO8P/c1-12(2,3)10(17)20-7-21-11(18)13-8(9(15)16)4-5-22(19)6-14/h8,14H,4-7H2,1-3H3,(H-,13,15,16,18)/p+1. The summed E-state index contributed by atoms with van der Waals surface area (Å²) in [6.07, 6.45) is -1.80. The van der Waals surface area contributed by atoms with Gasteiger partial charge in [0.2, 0.25) is 13.1 Å². The highest BCUT2D eigenvalue weighted by Gasteiger charge is 2.26. The van der Waals surface area contributed by atoms with Crippen LogP contribution in [0.3, 0.4) is 0 Å². The van der Waals surface area contributed by atoms with Gasteiger partial charge in [0.15, 0.2) is 6.16 Å². The molecule has 0 saturated heterocycles. The molecule has 9 nitrogen and oxygen atoms in total. The molecule has 3 N–H and O–H groups in total. The van der Waals surface area contributed by atoms with Crippen LogP contribution >= 0.6 is 7.80 Å². The molecule has 0 radical (unpaired) electrons. The van der Waals surface area contributed by atoms with Crippen molar-refractivity contribution >= 4 is 25.8 Å². The number of carbonyl (C=O) groups excluding carboxylic acids is 2. The lowest BCUT2D eigenvalue weighted by Gasteiger charge is -2.17. The van der Waals surface area contributed by atoms with Crippen molar-refractivity contribution < 1.29 is 38.6 Å². The number of aliphatic hydroxyl groups excluding tert-OH is 1. The second-order valence-corrected chi connectivity index (χ2v) is 7.10. The van der Waals surface area contributed by atoms with Crippen molar-refractivity contribution in [2.45, 2.75) is 33.2 Å². The smallest absolute Gasteiger partial charge is 0.410 e. The van der Waals surface area contributed by atoms with E-state index in [1.165, 1.54) is 0 Å². The first-order chi connectivity index (χ1) is 10.1. The van der Waals surface area contributed by atoms with Crippen LogP contribution in [-0.2, 0) is 23.6 Å². The van der Waals surface area contributed by atoms with Gasteiger partial charge >= 0.3 is 25.8 Å². The quantitative estimate of drug-likeness (QED) is 0.337. The van der Waals surface area contributed by atoms with Crippen LogP contribution in [0.2, 0.25) is 0 Å². The number of ether oxygens (including phenoxy) is 2. The Labute approximate surface area is 128 Å². The lowest BCUT2D eigenvalue weighted by molar-refractivity contribution is -0.161. The second-order valence-electron chi connectivity index (χ2n) is 5.40. The molecule has 0 aliphatic carbocycles. The minimum absolute atomic E-state index is 0.0535. The zero-order chi connectivity index (χ0) is 17.3. The van der Waals surface area contributed by atoms with Crippen molar-refractivity contribution in [3.8, 4) is 0 Å². The third-order valence-electron chi connectivity index (χ3n) is 2.41. The van der Waals surface area contributed by atoms with Gasteiger partial charge in [-0.3, -0.25) is 4.79 Å². The molecule has 1 amide bonds. The highest BCUT2D eigenvalue weighted by Crippen LogP contribution is 2.20. The van der Waals surface area contributed by atoms with Crippen LogP contribution in [-0.4, -0.2) is 53.6 Å². The summed E-state index contributed by atoms with van der Waals surface area (Å²) in [6, 6.07) is -1.31. The number of esters is 1. The molecule has 0 aliphatic rings. The number of nitrogens with one attached hydrogen (secondary N) is 1. The summed E-state index contributed by atoms with van der Waals surface area (Å²) in [5.74, 6) is -1.90. The van der Waals surface area contributed by atoms with Crippen LogP contribution in [0.15, 0.2) is 0 Å². The Hall–Kier alpha value is -1.73. The molecule has 0 aromatic rings. The molecule has 0 rings (SSSR count). The number of rotatable bonds is 8. The van der Waals surface area contributed by atoms with Crippen molar-refractivity contribution in [3.05, 3.63) is 0 Å². The maximum absolute atomic E-state index is 11.4. The van der Waals surface area contributed by atoms with E-state index in [9.17, 15) is 18.9 Å². The van der Waals surface area contributed by atoms with Gasteiger partial charge in [-0.25, -0.2) is 9.59 Å². The Morgan fingerprint density at radius 1 is 1.23 bits per heavy atom. The molecule has 2 atom stereocenters. The Balaban J connectivity index is 4.22. The summed E-state index contributed by atoms with van der Waals surface area (Å²) in [5, 5.41) is 19.6. The predicted octanol–water partition coefficient (Wildman–Crippen LogP) is 0.880. The largest absolute Gasteiger partial charge is 0.480 e. The second kappa shape index (κ2) is 9.32. The fourth-order valence-electron chi connectivity index (χ4n) is 1.14. The van der Waals surface area contributed by atoms with E-state index >= 15 is 0 Å². The van der Waals surface area contributed by atoms with Crippen LogP contribution in [0.25, 0.3) is 0 Å². The number of carbonyl (C=O) groups is 3. The predicted molar refractivity (Wildman–Crippen MR) is 75.6 cm³/mol. The molecule has 22 heavy (non-hydrogen) atoms. The molecule has 0 aromatic heterocycles. The van der Waals surface area contributed by atoms with Gasteiger partial charge in [-0.15, -0.1) is 0 Å². The molecule has 10 heteroatoms. The average Bonchev–Trinajstić information content (AvgIpc) is 2.41. The van der Waals surface area contributed by atoms with Crippen molar-refractivity contribution in [1.82, 2.24) is 5.32 Å². The molecule has 2 unspecified atom stereocenters. The van der Waals surface area contributed by atoms with Crippen LogP contribution in [0, 0.1) is 5.41 Å². The van der Waals surface area contributed by atoms with Gasteiger partial charge in [-0.1, -0.05) is 4.57 Å². The molecule has 0 fully saturated rings. The van der Waals surface area contributed by atoms with Gasteiger partial charge in [0.05, 0.1) is 5.41 Å². The van der Waals surface area contributed by atoms with E-state index in [0.29, 0.717) is 0 Å². The van der Waals surface area contributed by atoms with E-state index in [0.717, 1.165) is 0 Å². The molecular formula is C12H21NO8P+. The first-order valence-corrected chi connectivity index (χ1v) is 8.07. The Morgan fingerprint density at radius 2 is 1.82 bits per heavy atom. The van der Waals surface area contributed by atoms with Crippen molar-refractivity contribution in [2.24, 2.45) is 5.41 Å². The van der Waals surface area contributed by atoms with E-state index in [1.807, 2.05) is 5.32 Å². The van der Waals surface area contributed by atoms with Crippen molar-refractivity contribution in [3.63, 3.8) is 0 Å². The third kappa shape index (κ3) is 8.53. The maximum atomic E-state index is 11.4. The van der Waals surface area contributed by atoms with Gasteiger partial charge in [0, 0.05) is 6.42 Å². The van der Waals surface area contributed by atoms with Gasteiger partial charge in [-0.05, 0) is 20.8 Å². The number of aliphatic carboxylic acids is 1. The first-order valence-electron chi connectivity index (χ1n) is 6.44. The molecule has 0 saturated carbocycles. The molecular weight excluding hydrogens is 317 g/mol. The highest BCUT2D eigenvalue weighted by molar-refractivity contribution is 7.44. The lowest BCUT2D eigenvalue weighted by atomic mass is 9.98. The number of hydrogen-bond donors (Lipinski definition) is 3. The Bertz CT molecular complexity index is 431. The average molecular weight is 338 g/mol. The Morgan fingerprint density at radius 3 is 2.27 bits per heavy atom. The number of carboxylic acid groups (broad SMARTS) is 1. The highest BCUT2D eigenvalue weighted by atomic mass is 31.1. The van der Waals surface area contributed by atoms with E-state index in [2.05, 4.69) is 9.47 Å². The maximum Gasteiger partial charge on any atom is 0.410 e. The molecule has 0 aromatic carbocycles. The minimum atomic E-state index is -1.91. The van der Waals surface area contributed by atoms with Gasteiger partial charge < -0.3 is 25.0 Å². The van der Waals surface area contributed by atoms with E-state index in [4.69, 9.17) is 10.2 Å². The minimum Gasteiger partial charge on any atom is -0.480 e. The zero-order valence-electron chi connectivity index (χ0n) is 12.7. The zero-order valence-corrected chi connectivity index (χ0v) is 13.6. The molecule has 126 valence electrons. The van der Waals surface area contributed by atoms with Crippen LogP contribution < -0.4 is 5.32 Å². The van der Waals surface area contributed by atoms with E-state index < -0.39 is 50.4 Å². The van der Waals surface area contributed by atoms with Gasteiger partial charge in [-0.2, -0.15) is 0 Å². The summed E-state index contributed by atoms with van der Waals surface area (Å²) in [6.45, 7) is 4.23. The third-order valence-corrected chi connectivity index (χ3v) is 3.48. The lowest BCUT2D eigenvalue weighted by Crippen LogP contribution is -2.41. The van der Waals surface area contributed by atoms with Gasteiger partial charge in [0.1, 0.15) is 6.04 Å². The van der Waals surface area contributed by atoms with Gasteiger partial charge in [0.25, 0.3) is 0 Å². The molecule has 0 heterocycles. The fourth-order valence-corrected chi connectivity index (χ4v) is 1.83. The van der Waals surface area contributed by atoms with E-state index in [1.54, 1.807) is 20.8 Å². The monoisotopic (exact) mass is 338 g/mol. The molecule has 0 bridgehead atoms. The summed E-state index contributed by atoms with van der Waals surface area (Å²) >= 11 is 0. The van der Waals surface area contributed by atoms with Crippen molar-refractivity contribution in [1.29, 1.82) is 0 Å². The molecule has 0 aliphatic heterocycles. The van der Waals surface area contributed by atoms with E-state index in [-0.39, 0.29) is 12.6 Å². The van der Waals surface area contributed by atoms with Crippen molar-refractivity contribution in [2.75, 3.05) is 19.3 Å². The van der Waals surface area contributed by atoms with Crippen LogP contribution in [0.1, 0.15) is 27.2 Å².